The molecular weight excluding hydrogens is 198 g/mol. The smallest absolute Gasteiger partial charge is 0.244 e. The summed E-state index contributed by atoms with van der Waals surface area (Å²) in [5.74, 6) is 0.726. The van der Waals surface area contributed by atoms with Crippen LogP contribution in [0.5, 0.6) is 11.8 Å². The molecule has 1 saturated heterocycles. The first-order valence-corrected chi connectivity index (χ1v) is 4.79. The molecule has 1 aromatic heterocycles. The van der Waals surface area contributed by atoms with E-state index in [4.69, 9.17) is 19.9 Å². The zero-order valence-electron chi connectivity index (χ0n) is 8.47. The maximum Gasteiger partial charge on any atom is 0.244 e. The van der Waals surface area contributed by atoms with Crippen molar-refractivity contribution in [3.05, 3.63) is 6.33 Å². The van der Waals surface area contributed by atoms with Crippen molar-refractivity contribution in [2.75, 3.05) is 25.6 Å². The molecule has 6 nitrogen and oxygen atoms in total. The molecule has 1 aliphatic heterocycles. The fourth-order valence-electron chi connectivity index (χ4n) is 1.15. The lowest BCUT2D eigenvalue weighted by Crippen LogP contribution is -2.39. The largest absolute Gasteiger partial charge is 0.476 e. The monoisotopic (exact) mass is 211 g/mol. The van der Waals surface area contributed by atoms with Gasteiger partial charge in [-0.05, 0) is 6.92 Å². The summed E-state index contributed by atoms with van der Waals surface area (Å²) in [5.41, 5.74) is 6.12. The second-order valence-electron chi connectivity index (χ2n) is 3.11. The second-order valence-corrected chi connectivity index (χ2v) is 3.11. The molecule has 1 aromatic rings. The van der Waals surface area contributed by atoms with Crippen LogP contribution in [0.4, 0.5) is 5.69 Å². The summed E-state index contributed by atoms with van der Waals surface area (Å²) in [4.78, 5) is 7.86. The van der Waals surface area contributed by atoms with Crippen LogP contribution in [0.25, 0.3) is 0 Å². The van der Waals surface area contributed by atoms with Gasteiger partial charge in [0.25, 0.3) is 0 Å². The summed E-state index contributed by atoms with van der Waals surface area (Å²) in [6.45, 7) is 3.52. The third-order valence-corrected chi connectivity index (χ3v) is 1.98. The normalized spacial score (nSPS) is 15.8. The fourth-order valence-corrected chi connectivity index (χ4v) is 1.15. The van der Waals surface area contributed by atoms with Gasteiger partial charge in [-0.3, -0.25) is 0 Å². The lowest BCUT2D eigenvalue weighted by Gasteiger charge is -2.26. The molecule has 1 aliphatic rings. The summed E-state index contributed by atoms with van der Waals surface area (Å²) >= 11 is 0. The predicted molar refractivity (Wildman–Crippen MR) is 52.8 cm³/mol. The van der Waals surface area contributed by atoms with E-state index in [0.717, 1.165) is 0 Å². The van der Waals surface area contributed by atoms with Crippen molar-refractivity contribution < 1.29 is 14.2 Å². The van der Waals surface area contributed by atoms with Gasteiger partial charge in [0.05, 0.1) is 19.8 Å². The second kappa shape index (κ2) is 4.31. The van der Waals surface area contributed by atoms with Crippen molar-refractivity contribution in [2.45, 2.75) is 13.0 Å². The molecule has 0 radical (unpaired) electrons. The molecule has 15 heavy (non-hydrogen) atoms. The van der Waals surface area contributed by atoms with Gasteiger partial charge in [0.1, 0.15) is 12.4 Å². The summed E-state index contributed by atoms with van der Waals surface area (Å²) in [6.07, 6.45) is 1.41. The topological polar surface area (TPSA) is 79.5 Å². The zero-order chi connectivity index (χ0) is 10.7. The summed E-state index contributed by atoms with van der Waals surface area (Å²) in [7, 11) is 0. The van der Waals surface area contributed by atoms with E-state index in [9.17, 15) is 0 Å². The van der Waals surface area contributed by atoms with E-state index in [2.05, 4.69) is 9.97 Å². The van der Waals surface area contributed by atoms with E-state index in [1.54, 1.807) is 0 Å². The van der Waals surface area contributed by atoms with Crippen LogP contribution in [0, 0.1) is 0 Å². The minimum Gasteiger partial charge on any atom is -0.476 e. The number of rotatable bonds is 4. The molecule has 0 amide bonds. The van der Waals surface area contributed by atoms with Crippen LogP contribution in [0.2, 0.25) is 0 Å². The zero-order valence-corrected chi connectivity index (χ0v) is 8.47. The van der Waals surface area contributed by atoms with Gasteiger partial charge in [-0.15, -0.1) is 0 Å². The Morgan fingerprint density at radius 2 is 2.20 bits per heavy atom. The number of nitrogens with zero attached hydrogens (tertiary/aromatic N) is 2. The summed E-state index contributed by atoms with van der Waals surface area (Å²) in [5, 5.41) is 0. The Balaban J connectivity index is 2.11. The van der Waals surface area contributed by atoms with E-state index in [-0.39, 0.29) is 6.10 Å². The Morgan fingerprint density at radius 3 is 2.80 bits per heavy atom. The molecular formula is C9H13N3O3. The van der Waals surface area contributed by atoms with Crippen molar-refractivity contribution in [3.63, 3.8) is 0 Å². The van der Waals surface area contributed by atoms with Gasteiger partial charge in [0.2, 0.25) is 11.8 Å². The number of nitrogen functional groups attached to an aromatic ring is 1. The number of hydrogen-bond donors (Lipinski definition) is 1. The van der Waals surface area contributed by atoms with E-state index in [1.807, 2.05) is 6.92 Å². The van der Waals surface area contributed by atoms with Gasteiger partial charge >= 0.3 is 0 Å². The molecule has 82 valence electrons. The van der Waals surface area contributed by atoms with Gasteiger partial charge in [-0.1, -0.05) is 0 Å². The average molecular weight is 211 g/mol. The van der Waals surface area contributed by atoms with Crippen LogP contribution >= 0.6 is 0 Å². The van der Waals surface area contributed by atoms with Crippen LogP contribution < -0.4 is 15.2 Å². The SMILES string of the molecule is CCOc1ncnc(OC2COC2)c1N. The van der Waals surface area contributed by atoms with Crippen molar-refractivity contribution in [1.29, 1.82) is 0 Å². The lowest BCUT2D eigenvalue weighted by molar-refractivity contribution is -0.0811. The Labute approximate surface area is 87.4 Å². The van der Waals surface area contributed by atoms with Crippen molar-refractivity contribution >= 4 is 5.69 Å². The highest BCUT2D eigenvalue weighted by atomic mass is 16.6. The van der Waals surface area contributed by atoms with Gasteiger partial charge < -0.3 is 19.9 Å². The fraction of sp³-hybridized carbons (Fsp3) is 0.556. The highest BCUT2D eigenvalue weighted by Gasteiger charge is 2.22. The quantitative estimate of drug-likeness (QED) is 0.768. The molecule has 0 unspecified atom stereocenters. The summed E-state index contributed by atoms with van der Waals surface area (Å²) in [6, 6.07) is 0. The van der Waals surface area contributed by atoms with Crippen molar-refractivity contribution in [2.24, 2.45) is 0 Å². The maximum atomic E-state index is 5.78. The van der Waals surface area contributed by atoms with Gasteiger partial charge in [-0.25, -0.2) is 0 Å². The minimum atomic E-state index is 0.0386. The highest BCUT2D eigenvalue weighted by Crippen LogP contribution is 2.28. The van der Waals surface area contributed by atoms with Crippen LogP contribution in [0.15, 0.2) is 6.33 Å². The standard InChI is InChI=1S/C9H13N3O3/c1-2-14-8-7(10)9(12-5-11-8)15-6-3-13-4-6/h5-6H,2-4,10H2,1H3. The van der Waals surface area contributed by atoms with Crippen LogP contribution in [-0.4, -0.2) is 35.9 Å². The molecule has 2 heterocycles. The molecule has 2 N–H and O–H groups in total. The number of anilines is 1. The van der Waals surface area contributed by atoms with Crippen molar-refractivity contribution in [1.82, 2.24) is 9.97 Å². The van der Waals surface area contributed by atoms with Crippen LogP contribution in [-0.2, 0) is 4.74 Å². The van der Waals surface area contributed by atoms with Gasteiger partial charge in [-0.2, -0.15) is 9.97 Å². The van der Waals surface area contributed by atoms with E-state index >= 15 is 0 Å². The number of hydrogen-bond acceptors (Lipinski definition) is 6. The van der Waals surface area contributed by atoms with Crippen molar-refractivity contribution in [3.8, 4) is 11.8 Å². The molecule has 2 rings (SSSR count). The summed E-state index contributed by atoms with van der Waals surface area (Å²) < 4.78 is 15.7. The molecule has 0 aliphatic carbocycles. The first kappa shape index (κ1) is 9.97. The predicted octanol–water partition coefficient (Wildman–Crippen LogP) is 0.235. The molecule has 6 heteroatoms. The number of nitrogens with two attached hydrogens (primary N) is 1. The Hall–Kier alpha value is -1.56. The van der Waals surface area contributed by atoms with Gasteiger partial charge in [0.15, 0.2) is 5.69 Å². The lowest BCUT2D eigenvalue weighted by atomic mass is 10.3. The third-order valence-electron chi connectivity index (χ3n) is 1.98. The Morgan fingerprint density at radius 1 is 1.47 bits per heavy atom. The van der Waals surface area contributed by atoms with Gasteiger partial charge in [0, 0.05) is 0 Å². The van der Waals surface area contributed by atoms with E-state index in [1.165, 1.54) is 6.33 Å². The molecule has 0 bridgehead atoms. The molecule has 0 aromatic carbocycles. The first-order valence-electron chi connectivity index (χ1n) is 4.79. The molecule has 1 fully saturated rings. The van der Waals surface area contributed by atoms with Crippen LogP contribution in [0.1, 0.15) is 6.92 Å². The Bertz CT molecular complexity index is 341. The third kappa shape index (κ3) is 2.10. The van der Waals surface area contributed by atoms with E-state index in [0.29, 0.717) is 37.3 Å². The number of ether oxygens (including phenoxy) is 3. The molecule has 0 spiro atoms. The highest BCUT2D eigenvalue weighted by molar-refractivity contribution is 5.55. The average Bonchev–Trinajstić information content (AvgIpc) is 2.17. The number of aromatic nitrogens is 2. The minimum absolute atomic E-state index is 0.0386. The molecule has 0 saturated carbocycles. The maximum absolute atomic E-state index is 5.78. The molecule has 0 atom stereocenters. The Kier molecular flexibility index (Phi) is 2.86. The van der Waals surface area contributed by atoms with E-state index < -0.39 is 0 Å². The van der Waals surface area contributed by atoms with Crippen LogP contribution in [0.3, 0.4) is 0 Å². The first-order chi connectivity index (χ1) is 7.31.